The molecule has 0 aromatic heterocycles. The van der Waals surface area contributed by atoms with Crippen LogP contribution in [0.1, 0.15) is 31.7 Å². The lowest BCUT2D eigenvalue weighted by atomic mass is 9.76. The third-order valence-corrected chi connectivity index (χ3v) is 7.42. The molecule has 6 nitrogen and oxygen atoms in total. The SMILES string of the molecule is CCOC(=O)C1(CCOc2ccccc2)CCN(S(=O)(=O)Cc2ccccc2)CC1. The van der Waals surface area contributed by atoms with E-state index in [0.29, 0.717) is 45.6 Å². The van der Waals surface area contributed by atoms with Gasteiger partial charge in [0.2, 0.25) is 10.0 Å². The number of benzene rings is 2. The van der Waals surface area contributed by atoms with Crippen LogP contribution in [0.3, 0.4) is 0 Å². The maximum atomic E-state index is 12.8. The molecule has 0 unspecified atom stereocenters. The Morgan fingerprint density at radius 2 is 1.60 bits per heavy atom. The molecule has 162 valence electrons. The second-order valence-corrected chi connectivity index (χ2v) is 9.52. The van der Waals surface area contributed by atoms with Crippen LogP contribution in [0.5, 0.6) is 5.75 Å². The fourth-order valence-corrected chi connectivity index (χ4v) is 5.33. The molecule has 0 N–H and O–H groups in total. The van der Waals surface area contributed by atoms with Crippen LogP contribution in [-0.4, -0.2) is 45.0 Å². The Bertz CT molecular complexity index is 907. The third kappa shape index (κ3) is 5.61. The number of ether oxygens (including phenoxy) is 2. The zero-order chi connectivity index (χ0) is 21.5. The molecule has 7 heteroatoms. The number of rotatable bonds is 9. The van der Waals surface area contributed by atoms with E-state index in [1.807, 2.05) is 60.7 Å². The van der Waals surface area contributed by atoms with Gasteiger partial charge in [-0.1, -0.05) is 48.5 Å². The van der Waals surface area contributed by atoms with Gasteiger partial charge in [0.05, 0.1) is 24.4 Å². The quantitative estimate of drug-likeness (QED) is 0.567. The molecule has 0 saturated carbocycles. The van der Waals surface area contributed by atoms with E-state index in [4.69, 9.17) is 9.47 Å². The van der Waals surface area contributed by atoms with Crippen molar-refractivity contribution in [2.45, 2.75) is 31.9 Å². The Morgan fingerprint density at radius 1 is 1.00 bits per heavy atom. The fraction of sp³-hybridized carbons (Fsp3) is 0.435. The average molecular weight is 432 g/mol. The molecule has 1 fully saturated rings. The Kier molecular flexibility index (Phi) is 7.50. The lowest BCUT2D eigenvalue weighted by Gasteiger charge is -2.39. The molecule has 2 aromatic rings. The first kappa shape index (κ1) is 22.3. The Balaban J connectivity index is 1.64. The van der Waals surface area contributed by atoms with Crippen molar-refractivity contribution < 1.29 is 22.7 Å². The maximum Gasteiger partial charge on any atom is 0.312 e. The van der Waals surface area contributed by atoms with Crippen LogP contribution in [0.4, 0.5) is 0 Å². The van der Waals surface area contributed by atoms with Gasteiger partial charge in [0.15, 0.2) is 0 Å². The van der Waals surface area contributed by atoms with Crippen LogP contribution in [0.2, 0.25) is 0 Å². The molecule has 1 aliphatic heterocycles. The lowest BCUT2D eigenvalue weighted by molar-refractivity contribution is -0.159. The van der Waals surface area contributed by atoms with Crippen molar-refractivity contribution in [1.29, 1.82) is 0 Å². The van der Waals surface area contributed by atoms with Gasteiger partial charge in [-0.05, 0) is 43.9 Å². The molecule has 1 heterocycles. The van der Waals surface area contributed by atoms with Crippen LogP contribution < -0.4 is 4.74 Å². The largest absolute Gasteiger partial charge is 0.494 e. The standard InChI is InChI=1S/C23H29NO5S/c1-2-28-22(25)23(15-18-29-21-11-7-4-8-12-21)13-16-24(17-14-23)30(26,27)19-20-9-5-3-6-10-20/h3-12H,2,13-19H2,1H3. The van der Waals surface area contributed by atoms with Crippen molar-refractivity contribution in [2.75, 3.05) is 26.3 Å². The smallest absolute Gasteiger partial charge is 0.312 e. The molecule has 0 atom stereocenters. The number of hydrogen-bond acceptors (Lipinski definition) is 5. The molecule has 0 bridgehead atoms. The fourth-order valence-electron chi connectivity index (χ4n) is 3.79. The average Bonchev–Trinajstić information content (AvgIpc) is 2.75. The monoisotopic (exact) mass is 431 g/mol. The third-order valence-electron chi connectivity index (χ3n) is 5.57. The topological polar surface area (TPSA) is 72.9 Å². The van der Waals surface area contributed by atoms with E-state index < -0.39 is 15.4 Å². The highest BCUT2D eigenvalue weighted by molar-refractivity contribution is 7.88. The molecule has 30 heavy (non-hydrogen) atoms. The van der Waals surface area contributed by atoms with Crippen molar-refractivity contribution >= 4 is 16.0 Å². The van der Waals surface area contributed by atoms with E-state index in [1.54, 1.807) is 6.92 Å². The molecule has 1 aliphatic rings. The molecule has 0 radical (unpaired) electrons. The van der Waals surface area contributed by atoms with Gasteiger partial charge in [-0.3, -0.25) is 4.79 Å². The number of nitrogens with zero attached hydrogens (tertiary/aromatic N) is 1. The number of esters is 1. The summed E-state index contributed by atoms with van der Waals surface area (Å²) in [7, 11) is -3.44. The van der Waals surface area contributed by atoms with Gasteiger partial charge in [0, 0.05) is 13.1 Å². The van der Waals surface area contributed by atoms with Gasteiger partial charge in [-0.25, -0.2) is 12.7 Å². The minimum absolute atomic E-state index is 0.0304. The Morgan fingerprint density at radius 3 is 2.20 bits per heavy atom. The van der Waals surface area contributed by atoms with E-state index >= 15 is 0 Å². The van der Waals surface area contributed by atoms with E-state index in [2.05, 4.69) is 0 Å². The second kappa shape index (κ2) is 10.1. The predicted octanol–water partition coefficient (Wildman–Crippen LogP) is 3.63. The highest BCUT2D eigenvalue weighted by Gasteiger charge is 2.44. The minimum Gasteiger partial charge on any atom is -0.494 e. The van der Waals surface area contributed by atoms with Crippen LogP contribution in [-0.2, 0) is 25.3 Å². The highest BCUT2D eigenvalue weighted by atomic mass is 32.2. The summed E-state index contributed by atoms with van der Waals surface area (Å²) in [5.74, 6) is 0.457. The maximum absolute atomic E-state index is 12.8. The van der Waals surface area contributed by atoms with Gasteiger partial charge < -0.3 is 9.47 Å². The minimum atomic E-state index is -3.44. The number of carbonyl (C=O) groups excluding carboxylic acids is 1. The molecule has 0 amide bonds. The van der Waals surface area contributed by atoms with Crippen molar-refractivity contribution in [2.24, 2.45) is 5.41 Å². The zero-order valence-corrected chi connectivity index (χ0v) is 18.1. The molecular weight excluding hydrogens is 402 g/mol. The first-order valence-corrected chi connectivity index (χ1v) is 11.9. The molecule has 1 saturated heterocycles. The summed E-state index contributed by atoms with van der Waals surface area (Å²) in [5.41, 5.74) is 0.0415. The molecular formula is C23H29NO5S. The van der Waals surface area contributed by atoms with E-state index in [1.165, 1.54) is 4.31 Å². The normalized spacial score (nSPS) is 16.7. The van der Waals surface area contributed by atoms with Crippen LogP contribution in [0.25, 0.3) is 0 Å². The Hall–Kier alpha value is -2.38. The highest BCUT2D eigenvalue weighted by Crippen LogP contribution is 2.38. The Labute approximate surface area is 178 Å². The number of carbonyl (C=O) groups is 1. The van der Waals surface area contributed by atoms with Gasteiger partial charge >= 0.3 is 5.97 Å². The first-order chi connectivity index (χ1) is 14.5. The molecule has 3 rings (SSSR count). The van der Waals surface area contributed by atoms with E-state index in [0.717, 1.165) is 11.3 Å². The van der Waals surface area contributed by atoms with Crippen molar-refractivity contribution in [3.05, 3.63) is 66.2 Å². The summed E-state index contributed by atoms with van der Waals surface area (Å²) in [6.07, 6.45) is 1.35. The number of hydrogen-bond donors (Lipinski definition) is 0. The number of sulfonamides is 1. The zero-order valence-electron chi connectivity index (χ0n) is 17.3. The summed E-state index contributed by atoms with van der Waals surface area (Å²) in [4.78, 5) is 12.8. The summed E-state index contributed by atoms with van der Waals surface area (Å²) >= 11 is 0. The number of para-hydroxylation sites is 1. The van der Waals surface area contributed by atoms with Crippen molar-refractivity contribution in [3.63, 3.8) is 0 Å². The van der Waals surface area contributed by atoms with Gasteiger partial charge in [-0.15, -0.1) is 0 Å². The van der Waals surface area contributed by atoms with Crippen molar-refractivity contribution in [1.82, 2.24) is 4.31 Å². The molecule has 0 spiro atoms. The van der Waals surface area contributed by atoms with Gasteiger partial charge in [0.1, 0.15) is 5.75 Å². The van der Waals surface area contributed by atoms with E-state index in [-0.39, 0.29) is 11.7 Å². The predicted molar refractivity (Wildman–Crippen MR) is 115 cm³/mol. The van der Waals surface area contributed by atoms with E-state index in [9.17, 15) is 13.2 Å². The summed E-state index contributed by atoms with van der Waals surface area (Å²) in [6.45, 7) is 3.07. The van der Waals surface area contributed by atoms with Crippen LogP contribution in [0.15, 0.2) is 60.7 Å². The van der Waals surface area contributed by atoms with Gasteiger partial charge in [0.25, 0.3) is 0 Å². The first-order valence-electron chi connectivity index (χ1n) is 10.3. The lowest BCUT2D eigenvalue weighted by Crippen LogP contribution is -2.48. The molecule has 2 aromatic carbocycles. The van der Waals surface area contributed by atoms with Crippen molar-refractivity contribution in [3.8, 4) is 5.75 Å². The summed E-state index contributed by atoms with van der Waals surface area (Å²) in [5, 5.41) is 0. The number of piperidine rings is 1. The van der Waals surface area contributed by atoms with Crippen LogP contribution >= 0.6 is 0 Å². The summed E-state index contributed by atoms with van der Waals surface area (Å²) < 4.78 is 38.3. The summed E-state index contributed by atoms with van der Waals surface area (Å²) in [6, 6.07) is 18.6. The van der Waals surface area contributed by atoms with Gasteiger partial charge in [-0.2, -0.15) is 0 Å². The van der Waals surface area contributed by atoms with Crippen LogP contribution in [0, 0.1) is 5.41 Å². The molecule has 0 aliphatic carbocycles. The second-order valence-electron chi connectivity index (χ2n) is 7.55.